The predicted molar refractivity (Wildman–Crippen MR) is 71.3 cm³/mol. The summed E-state index contributed by atoms with van der Waals surface area (Å²) in [5.41, 5.74) is 1.42. The van der Waals surface area contributed by atoms with Crippen LogP contribution in [0.15, 0.2) is 36.5 Å². The van der Waals surface area contributed by atoms with Gasteiger partial charge in [0.15, 0.2) is 11.5 Å². The van der Waals surface area contributed by atoms with Crippen molar-refractivity contribution in [2.75, 3.05) is 7.11 Å². The summed E-state index contributed by atoms with van der Waals surface area (Å²) in [6, 6.07) is 10.6. The molecule has 0 atom stereocenters. The van der Waals surface area contributed by atoms with Crippen molar-refractivity contribution in [3.05, 3.63) is 52.8 Å². The van der Waals surface area contributed by atoms with E-state index in [0.29, 0.717) is 28.8 Å². The molecule has 0 radical (unpaired) electrons. The topological polar surface area (TPSA) is 55.1 Å². The molecule has 0 saturated heterocycles. The van der Waals surface area contributed by atoms with Gasteiger partial charge in [0, 0.05) is 17.8 Å². The SMILES string of the molecule is COc1cc(C#N)ccc1OCc1ccc(Cl)nc1. The maximum atomic E-state index is 8.82. The Morgan fingerprint density at radius 1 is 1.26 bits per heavy atom. The highest BCUT2D eigenvalue weighted by Crippen LogP contribution is 2.28. The Kier molecular flexibility index (Phi) is 4.22. The van der Waals surface area contributed by atoms with Gasteiger partial charge in [0.1, 0.15) is 11.8 Å². The zero-order chi connectivity index (χ0) is 13.7. The van der Waals surface area contributed by atoms with E-state index in [0.717, 1.165) is 5.56 Å². The van der Waals surface area contributed by atoms with Gasteiger partial charge in [-0.2, -0.15) is 5.26 Å². The quantitative estimate of drug-likeness (QED) is 0.804. The minimum atomic E-state index is 0.354. The van der Waals surface area contributed by atoms with Crippen LogP contribution < -0.4 is 9.47 Å². The summed E-state index contributed by atoms with van der Waals surface area (Å²) in [5.74, 6) is 1.11. The van der Waals surface area contributed by atoms with E-state index in [4.69, 9.17) is 26.3 Å². The number of methoxy groups -OCH3 is 1. The second-order valence-electron chi connectivity index (χ2n) is 3.76. The number of hydrogen-bond donors (Lipinski definition) is 0. The summed E-state index contributed by atoms with van der Waals surface area (Å²) in [7, 11) is 1.53. The van der Waals surface area contributed by atoms with Crippen LogP contribution in [0, 0.1) is 11.3 Å². The molecule has 0 aliphatic carbocycles. The highest BCUT2D eigenvalue weighted by atomic mass is 35.5. The van der Waals surface area contributed by atoms with Gasteiger partial charge in [0.25, 0.3) is 0 Å². The molecular weight excluding hydrogens is 264 g/mol. The Hall–Kier alpha value is -2.25. The van der Waals surface area contributed by atoms with Gasteiger partial charge in [-0.15, -0.1) is 0 Å². The summed E-state index contributed by atoms with van der Waals surface area (Å²) < 4.78 is 10.8. The molecule has 2 aromatic rings. The highest BCUT2D eigenvalue weighted by Gasteiger charge is 2.06. The Morgan fingerprint density at radius 2 is 2.11 bits per heavy atom. The molecule has 19 heavy (non-hydrogen) atoms. The van der Waals surface area contributed by atoms with Gasteiger partial charge in [-0.1, -0.05) is 17.7 Å². The molecule has 0 spiro atoms. The first-order chi connectivity index (χ1) is 9.22. The second kappa shape index (κ2) is 6.07. The summed E-state index contributed by atoms with van der Waals surface area (Å²) in [6.07, 6.45) is 1.65. The summed E-state index contributed by atoms with van der Waals surface area (Å²) in [5, 5.41) is 9.26. The summed E-state index contributed by atoms with van der Waals surface area (Å²) in [6.45, 7) is 0.354. The van der Waals surface area contributed by atoms with Crippen LogP contribution in [-0.2, 0) is 6.61 Å². The molecule has 0 aliphatic heterocycles. The fraction of sp³-hybridized carbons (Fsp3) is 0.143. The zero-order valence-electron chi connectivity index (χ0n) is 10.3. The Morgan fingerprint density at radius 3 is 2.74 bits per heavy atom. The summed E-state index contributed by atoms with van der Waals surface area (Å²) >= 11 is 5.71. The molecule has 5 heteroatoms. The maximum Gasteiger partial charge on any atom is 0.162 e. The first-order valence-electron chi connectivity index (χ1n) is 5.54. The van der Waals surface area contributed by atoms with Crippen molar-refractivity contribution in [2.45, 2.75) is 6.61 Å². The standard InChI is InChI=1S/C14H11ClN2O2/c1-18-13-6-10(7-16)2-4-12(13)19-9-11-3-5-14(15)17-8-11/h2-6,8H,9H2,1H3. The van der Waals surface area contributed by atoms with Crippen molar-refractivity contribution in [3.63, 3.8) is 0 Å². The van der Waals surface area contributed by atoms with E-state index >= 15 is 0 Å². The monoisotopic (exact) mass is 274 g/mol. The van der Waals surface area contributed by atoms with E-state index in [9.17, 15) is 0 Å². The van der Waals surface area contributed by atoms with Crippen LogP contribution in [0.2, 0.25) is 5.15 Å². The van der Waals surface area contributed by atoms with Gasteiger partial charge in [0.05, 0.1) is 18.7 Å². The molecule has 0 fully saturated rings. The molecule has 0 bridgehead atoms. The number of nitrogens with zero attached hydrogens (tertiary/aromatic N) is 2. The number of rotatable bonds is 4. The number of ether oxygens (including phenoxy) is 2. The predicted octanol–water partition coefficient (Wildman–Crippen LogP) is 3.19. The Bertz CT molecular complexity index is 606. The minimum Gasteiger partial charge on any atom is -0.493 e. The number of benzene rings is 1. The van der Waals surface area contributed by atoms with Crippen molar-refractivity contribution < 1.29 is 9.47 Å². The number of halogens is 1. The van der Waals surface area contributed by atoms with Crippen LogP contribution in [0.3, 0.4) is 0 Å². The Labute approximate surface area is 116 Å². The van der Waals surface area contributed by atoms with E-state index < -0.39 is 0 Å². The number of aromatic nitrogens is 1. The lowest BCUT2D eigenvalue weighted by Crippen LogP contribution is -1.98. The molecule has 1 heterocycles. The van der Waals surface area contributed by atoms with Crippen LogP contribution >= 0.6 is 11.6 Å². The fourth-order valence-electron chi connectivity index (χ4n) is 1.51. The molecule has 2 rings (SSSR count). The molecule has 96 valence electrons. The van der Waals surface area contributed by atoms with Crippen LogP contribution in [-0.4, -0.2) is 12.1 Å². The average Bonchev–Trinajstić information content (AvgIpc) is 2.46. The molecule has 0 saturated carbocycles. The molecule has 1 aromatic heterocycles. The molecule has 0 aliphatic rings. The third-order valence-corrected chi connectivity index (χ3v) is 2.70. The van der Waals surface area contributed by atoms with Crippen LogP contribution in [0.4, 0.5) is 0 Å². The van der Waals surface area contributed by atoms with E-state index in [1.165, 1.54) is 7.11 Å². The third-order valence-electron chi connectivity index (χ3n) is 2.48. The average molecular weight is 275 g/mol. The van der Waals surface area contributed by atoms with Crippen LogP contribution in [0.5, 0.6) is 11.5 Å². The smallest absolute Gasteiger partial charge is 0.162 e. The third kappa shape index (κ3) is 3.36. The van der Waals surface area contributed by atoms with Gasteiger partial charge in [-0.3, -0.25) is 0 Å². The lowest BCUT2D eigenvalue weighted by molar-refractivity contribution is 0.284. The maximum absolute atomic E-state index is 8.82. The van der Waals surface area contributed by atoms with Gasteiger partial charge in [-0.05, 0) is 18.2 Å². The molecule has 4 nitrogen and oxygen atoms in total. The fourth-order valence-corrected chi connectivity index (χ4v) is 1.62. The molecular formula is C14H11ClN2O2. The first kappa shape index (κ1) is 13.2. The zero-order valence-corrected chi connectivity index (χ0v) is 11.0. The highest BCUT2D eigenvalue weighted by molar-refractivity contribution is 6.29. The largest absolute Gasteiger partial charge is 0.493 e. The normalized spacial score (nSPS) is 9.74. The lowest BCUT2D eigenvalue weighted by Gasteiger charge is -2.10. The minimum absolute atomic E-state index is 0.354. The Balaban J connectivity index is 2.11. The van der Waals surface area contributed by atoms with Gasteiger partial charge in [0.2, 0.25) is 0 Å². The van der Waals surface area contributed by atoms with Crippen molar-refractivity contribution in [3.8, 4) is 17.6 Å². The van der Waals surface area contributed by atoms with Gasteiger partial charge in [-0.25, -0.2) is 4.98 Å². The van der Waals surface area contributed by atoms with Gasteiger partial charge >= 0.3 is 0 Å². The van der Waals surface area contributed by atoms with E-state index in [1.807, 2.05) is 12.1 Å². The van der Waals surface area contributed by atoms with Crippen molar-refractivity contribution in [1.82, 2.24) is 4.98 Å². The summed E-state index contributed by atoms with van der Waals surface area (Å²) in [4.78, 5) is 3.97. The van der Waals surface area contributed by atoms with E-state index in [1.54, 1.807) is 30.5 Å². The van der Waals surface area contributed by atoms with E-state index in [-0.39, 0.29) is 0 Å². The van der Waals surface area contributed by atoms with Crippen LogP contribution in [0.25, 0.3) is 0 Å². The van der Waals surface area contributed by atoms with E-state index in [2.05, 4.69) is 4.98 Å². The molecule has 0 N–H and O–H groups in total. The molecule has 0 amide bonds. The van der Waals surface area contributed by atoms with Gasteiger partial charge < -0.3 is 9.47 Å². The first-order valence-corrected chi connectivity index (χ1v) is 5.92. The van der Waals surface area contributed by atoms with Crippen molar-refractivity contribution >= 4 is 11.6 Å². The lowest BCUT2D eigenvalue weighted by atomic mass is 10.2. The van der Waals surface area contributed by atoms with Crippen molar-refractivity contribution in [2.24, 2.45) is 0 Å². The molecule has 1 aromatic carbocycles. The number of hydrogen-bond acceptors (Lipinski definition) is 4. The molecule has 0 unspecified atom stereocenters. The van der Waals surface area contributed by atoms with Crippen molar-refractivity contribution in [1.29, 1.82) is 5.26 Å². The number of pyridine rings is 1. The number of nitriles is 1. The second-order valence-corrected chi connectivity index (χ2v) is 4.14. The van der Waals surface area contributed by atoms with Crippen LogP contribution in [0.1, 0.15) is 11.1 Å².